The van der Waals surface area contributed by atoms with Crippen molar-refractivity contribution < 1.29 is 23.4 Å². The van der Waals surface area contributed by atoms with Gasteiger partial charge in [-0.2, -0.15) is 0 Å². The van der Waals surface area contributed by atoms with E-state index in [-0.39, 0.29) is 17.1 Å². The van der Waals surface area contributed by atoms with Crippen LogP contribution in [0.25, 0.3) is 0 Å². The van der Waals surface area contributed by atoms with E-state index in [1.165, 1.54) is 13.2 Å². The highest BCUT2D eigenvalue weighted by atomic mass is 19.3. The summed E-state index contributed by atoms with van der Waals surface area (Å²) < 4.78 is 29.8. The maximum atomic E-state index is 12.6. The van der Waals surface area contributed by atoms with Gasteiger partial charge in [-0.05, 0) is 6.07 Å². The van der Waals surface area contributed by atoms with Crippen molar-refractivity contribution in [3.63, 3.8) is 0 Å². The van der Waals surface area contributed by atoms with E-state index in [9.17, 15) is 13.6 Å². The van der Waals surface area contributed by atoms with E-state index in [1.807, 2.05) is 0 Å². The van der Waals surface area contributed by atoms with Crippen LogP contribution in [0.2, 0.25) is 0 Å². The minimum Gasteiger partial charge on any atom is -0.492 e. The first kappa shape index (κ1) is 12.2. The Hall–Kier alpha value is -1.92. The van der Waals surface area contributed by atoms with E-state index in [2.05, 4.69) is 9.72 Å². The molecule has 0 amide bonds. The summed E-state index contributed by atoms with van der Waals surface area (Å²) in [6.45, 7) is 0. The lowest BCUT2D eigenvalue weighted by Gasteiger charge is -2.11. The van der Waals surface area contributed by atoms with Crippen molar-refractivity contribution in [1.29, 1.82) is 0 Å². The van der Waals surface area contributed by atoms with Crippen molar-refractivity contribution in [3.8, 4) is 5.75 Å². The summed E-state index contributed by atoms with van der Waals surface area (Å²) in [5.74, 6) is -1.39. The van der Waals surface area contributed by atoms with Gasteiger partial charge in [-0.15, -0.1) is 0 Å². The zero-order chi connectivity index (χ0) is 12.3. The van der Waals surface area contributed by atoms with Gasteiger partial charge in [0, 0.05) is 0 Å². The lowest BCUT2D eigenvalue weighted by atomic mass is 10.2. The number of hydrogen-bond acceptors (Lipinski definition) is 4. The third-order valence-corrected chi connectivity index (χ3v) is 1.82. The Morgan fingerprint density at radius 2 is 2.31 bits per heavy atom. The largest absolute Gasteiger partial charge is 0.492 e. The number of nitrogens with two attached hydrogens (primary N) is 1. The number of aliphatic carboxylic acids is 1. The highest BCUT2D eigenvalue weighted by Crippen LogP contribution is 2.32. The van der Waals surface area contributed by atoms with Crippen LogP contribution in [0.4, 0.5) is 14.5 Å². The van der Waals surface area contributed by atoms with E-state index >= 15 is 0 Å². The number of carboxylic acids is 1. The molecule has 0 aromatic carbocycles. The molecule has 0 aliphatic rings. The van der Waals surface area contributed by atoms with Gasteiger partial charge in [0.2, 0.25) is 0 Å². The number of methoxy groups -OCH3 is 1. The molecular formula is C9H10F2N2O3. The Morgan fingerprint density at radius 1 is 1.69 bits per heavy atom. The third kappa shape index (κ3) is 2.56. The molecule has 1 aromatic rings. The summed E-state index contributed by atoms with van der Waals surface area (Å²) in [6, 6.07) is 1.21. The molecule has 1 aromatic heterocycles. The fraction of sp³-hybridized carbons (Fsp3) is 0.333. The van der Waals surface area contributed by atoms with E-state index in [1.54, 1.807) is 0 Å². The molecular weight excluding hydrogens is 222 g/mol. The Balaban J connectivity index is 3.22. The van der Waals surface area contributed by atoms with Crippen LogP contribution < -0.4 is 10.5 Å². The zero-order valence-electron chi connectivity index (χ0n) is 8.41. The molecule has 88 valence electrons. The summed E-state index contributed by atoms with van der Waals surface area (Å²) in [7, 11) is 1.19. The molecule has 0 aliphatic carbocycles. The van der Waals surface area contributed by atoms with Gasteiger partial charge in [-0.25, -0.2) is 13.8 Å². The summed E-state index contributed by atoms with van der Waals surface area (Å²) in [4.78, 5) is 13.9. The van der Waals surface area contributed by atoms with Crippen molar-refractivity contribution >= 4 is 11.7 Å². The molecule has 0 bridgehead atoms. The number of nitrogens with zero attached hydrogens (tertiary/aromatic N) is 1. The van der Waals surface area contributed by atoms with Crippen LogP contribution in [0.1, 0.15) is 17.8 Å². The van der Waals surface area contributed by atoms with Crippen molar-refractivity contribution in [2.45, 2.75) is 12.8 Å². The number of alkyl halides is 2. The monoisotopic (exact) mass is 232 g/mol. The number of aromatic nitrogens is 1. The predicted octanol–water partition coefficient (Wildman–Crippen LogP) is 1.24. The second-order valence-corrected chi connectivity index (χ2v) is 2.99. The minimum atomic E-state index is -2.87. The SMILES string of the molecule is COc1c(N)cc(CC(=O)O)nc1C(F)F. The van der Waals surface area contributed by atoms with E-state index < -0.39 is 24.5 Å². The van der Waals surface area contributed by atoms with E-state index in [0.29, 0.717) is 0 Å². The molecule has 16 heavy (non-hydrogen) atoms. The Morgan fingerprint density at radius 3 is 2.75 bits per heavy atom. The van der Waals surface area contributed by atoms with Crippen LogP contribution in [-0.4, -0.2) is 23.2 Å². The van der Waals surface area contributed by atoms with Crippen molar-refractivity contribution in [2.24, 2.45) is 0 Å². The second kappa shape index (κ2) is 4.73. The van der Waals surface area contributed by atoms with Gasteiger partial charge in [0.15, 0.2) is 11.4 Å². The number of anilines is 1. The quantitative estimate of drug-likeness (QED) is 0.815. The van der Waals surface area contributed by atoms with E-state index in [0.717, 1.165) is 0 Å². The van der Waals surface area contributed by atoms with Crippen LogP contribution >= 0.6 is 0 Å². The number of carboxylic acid groups (broad SMARTS) is 1. The van der Waals surface area contributed by atoms with Crippen molar-refractivity contribution in [3.05, 3.63) is 17.5 Å². The first-order valence-electron chi connectivity index (χ1n) is 4.29. The van der Waals surface area contributed by atoms with Crippen LogP contribution in [0, 0.1) is 0 Å². The fourth-order valence-corrected chi connectivity index (χ4v) is 1.25. The number of carbonyl (C=O) groups is 1. The molecule has 3 N–H and O–H groups in total. The van der Waals surface area contributed by atoms with Gasteiger partial charge in [0.1, 0.15) is 0 Å². The molecule has 0 radical (unpaired) electrons. The topological polar surface area (TPSA) is 85.4 Å². The number of rotatable bonds is 4. The lowest BCUT2D eigenvalue weighted by molar-refractivity contribution is -0.136. The third-order valence-electron chi connectivity index (χ3n) is 1.82. The molecule has 0 spiro atoms. The minimum absolute atomic E-state index is 0.0268. The van der Waals surface area contributed by atoms with Crippen LogP contribution in [0.5, 0.6) is 5.75 Å². The van der Waals surface area contributed by atoms with Crippen LogP contribution in [0.3, 0.4) is 0 Å². The molecule has 0 saturated carbocycles. The molecule has 0 aliphatic heterocycles. The normalized spacial score (nSPS) is 10.5. The number of ether oxygens (including phenoxy) is 1. The lowest BCUT2D eigenvalue weighted by Crippen LogP contribution is -2.08. The van der Waals surface area contributed by atoms with Gasteiger partial charge < -0.3 is 15.6 Å². The first-order chi connectivity index (χ1) is 7.45. The summed E-state index contributed by atoms with van der Waals surface area (Å²) in [6.07, 6.45) is -3.33. The average molecular weight is 232 g/mol. The smallest absolute Gasteiger partial charge is 0.309 e. The predicted molar refractivity (Wildman–Crippen MR) is 51.5 cm³/mol. The summed E-state index contributed by atoms with van der Waals surface area (Å²) in [5.41, 5.74) is 4.74. The Labute approximate surface area is 89.9 Å². The Bertz CT molecular complexity index is 410. The van der Waals surface area contributed by atoms with Crippen molar-refractivity contribution in [1.82, 2.24) is 4.98 Å². The van der Waals surface area contributed by atoms with Crippen molar-refractivity contribution in [2.75, 3.05) is 12.8 Å². The molecule has 0 unspecified atom stereocenters. The molecule has 1 heterocycles. The van der Waals surface area contributed by atoms with E-state index in [4.69, 9.17) is 10.8 Å². The molecule has 7 heteroatoms. The first-order valence-corrected chi connectivity index (χ1v) is 4.29. The number of nitrogen functional groups attached to an aromatic ring is 1. The zero-order valence-corrected chi connectivity index (χ0v) is 8.41. The highest BCUT2D eigenvalue weighted by molar-refractivity contribution is 5.70. The number of pyridine rings is 1. The molecule has 1 rings (SSSR count). The maximum absolute atomic E-state index is 12.6. The van der Waals surface area contributed by atoms with Gasteiger partial charge >= 0.3 is 5.97 Å². The van der Waals surface area contributed by atoms with Crippen LogP contribution in [0.15, 0.2) is 6.07 Å². The second-order valence-electron chi connectivity index (χ2n) is 2.99. The molecule has 5 nitrogen and oxygen atoms in total. The standard InChI is InChI=1S/C9H10F2N2O3/c1-16-8-5(12)2-4(3-6(14)15)13-7(8)9(10)11/h2,9H,3H2,1H3,(H2,12,13)(H,14,15). The van der Waals surface area contributed by atoms with Gasteiger partial charge in [0.25, 0.3) is 6.43 Å². The summed E-state index contributed by atoms with van der Waals surface area (Å²) in [5, 5.41) is 8.51. The molecule has 0 fully saturated rings. The molecule has 0 saturated heterocycles. The van der Waals surface area contributed by atoms with Gasteiger partial charge in [0.05, 0.1) is 24.9 Å². The number of hydrogen-bond donors (Lipinski definition) is 2. The maximum Gasteiger partial charge on any atom is 0.309 e. The van der Waals surface area contributed by atoms with Gasteiger partial charge in [-0.3, -0.25) is 4.79 Å². The molecule has 0 atom stereocenters. The van der Waals surface area contributed by atoms with Crippen LogP contribution in [-0.2, 0) is 11.2 Å². The summed E-state index contributed by atoms with van der Waals surface area (Å²) >= 11 is 0. The number of halogens is 2. The fourth-order valence-electron chi connectivity index (χ4n) is 1.25. The Kier molecular flexibility index (Phi) is 3.60. The highest BCUT2D eigenvalue weighted by Gasteiger charge is 2.20. The van der Waals surface area contributed by atoms with Gasteiger partial charge in [-0.1, -0.05) is 0 Å². The average Bonchev–Trinajstić information content (AvgIpc) is 2.15.